The summed E-state index contributed by atoms with van der Waals surface area (Å²) < 4.78 is 31.7. The average molecular weight is 362 g/mol. The molecule has 2 aromatic carbocycles. The number of halogens is 3. The van der Waals surface area contributed by atoms with E-state index in [9.17, 15) is 8.78 Å². The van der Waals surface area contributed by atoms with Gasteiger partial charge in [-0.3, -0.25) is 0 Å². The number of hydrogen-bond acceptors (Lipinski definition) is 5. The maximum absolute atomic E-state index is 12.5. The van der Waals surface area contributed by atoms with Crippen molar-refractivity contribution in [3.63, 3.8) is 0 Å². The number of nitrogens with zero attached hydrogens (tertiary/aromatic N) is 5. The van der Waals surface area contributed by atoms with Gasteiger partial charge in [-0.25, -0.2) is 4.68 Å². The summed E-state index contributed by atoms with van der Waals surface area (Å²) >= 11 is 6.02. The van der Waals surface area contributed by atoms with Gasteiger partial charge in [0.05, 0.1) is 12.1 Å². The quantitative estimate of drug-likeness (QED) is 0.547. The van der Waals surface area contributed by atoms with Crippen LogP contribution in [0, 0.1) is 0 Å². The maximum atomic E-state index is 12.5. The van der Waals surface area contributed by atoms with Gasteiger partial charge in [-0.15, -0.1) is 15.3 Å². The van der Waals surface area contributed by atoms with Crippen molar-refractivity contribution < 1.29 is 13.2 Å². The van der Waals surface area contributed by atoms with Crippen molar-refractivity contribution in [2.24, 2.45) is 0 Å². The highest BCUT2D eigenvalue weighted by Crippen LogP contribution is 2.24. The van der Waals surface area contributed by atoms with Crippen LogP contribution in [-0.2, 0) is 6.54 Å². The Bertz CT molecular complexity index is 1030. The fourth-order valence-corrected chi connectivity index (χ4v) is 2.59. The number of aromatic nitrogens is 5. The van der Waals surface area contributed by atoms with Gasteiger partial charge in [-0.1, -0.05) is 28.9 Å². The van der Waals surface area contributed by atoms with Crippen molar-refractivity contribution >= 4 is 22.6 Å². The molecule has 0 aliphatic heterocycles. The van der Waals surface area contributed by atoms with E-state index < -0.39 is 12.3 Å². The molecule has 0 saturated carbocycles. The topological polar surface area (TPSA) is 69.6 Å². The smallest absolute Gasteiger partial charge is 0.314 e. The Balaban J connectivity index is 1.58. The lowest BCUT2D eigenvalue weighted by Crippen LogP contribution is -2.01. The molecule has 0 aliphatic carbocycles. The fourth-order valence-electron chi connectivity index (χ4n) is 2.42. The lowest BCUT2D eigenvalue weighted by molar-refractivity contribution is 0.116. The van der Waals surface area contributed by atoms with Gasteiger partial charge >= 0.3 is 6.43 Å². The Kier molecular flexibility index (Phi) is 3.89. The molecule has 0 bridgehead atoms. The van der Waals surface area contributed by atoms with E-state index >= 15 is 0 Å². The third-order valence-electron chi connectivity index (χ3n) is 3.64. The van der Waals surface area contributed by atoms with E-state index in [1.807, 2.05) is 12.1 Å². The summed E-state index contributed by atoms with van der Waals surface area (Å²) in [7, 11) is 0. The van der Waals surface area contributed by atoms with E-state index in [1.54, 1.807) is 35.0 Å². The first-order valence-electron chi connectivity index (χ1n) is 7.30. The minimum atomic E-state index is -2.78. The Labute approximate surface area is 145 Å². The third-order valence-corrected chi connectivity index (χ3v) is 3.87. The molecule has 0 N–H and O–H groups in total. The predicted molar refractivity (Wildman–Crippen MR) is 86.3 cm³/mol. The first kappa shape index (κ1) is 15.6. The zero-order valence-electron chi connectivity index (χ0n) is 12.6. The van der Waals surface area contributed by atoms with Crippen LogP contribution in [0.1, 0.15) is 17.9 Å². The molecule has 0 spiro atoms. The van der Waals surface area contributed by atoms with Crippen molar-refractivity contribution in [1.82, 2.24) is 25.2 Å². The molecule has 0 fully saturated rings. The highest BCUT2D eigenvalue weighted by Gasteiger charge is 2.17. The number of rotatable bonds is 4. The van der Waals surface area contributed by atoms with Gasteiger partial charge in [0, 0.05) is 10.6 Å². The Morgan fingerprint density at radius 3 is 2.56 bits per heavy atom. The van der Waals surface area contributed by atoms with Gasteiger partial charge in [0.2, 0.25) is 5.89 Å². The molecule has 0 unspecified atom stereocenters. The normalized spacial score (nSPS) is 11.5. The van der Waals surface area contributed by atoms with Gasteiger partial charge in [-0.2, -0.15) is 8.78 Å². The van der Waals surface area contributed by atoms with Crippen LogP contribution < -0.4 is 0 Å². The lowest BCUT2D eigenvalue weighted by atomic mass is 10.1. The largest absolute Gasteiger partial charge is 0.415 e. The van der Waals surface area contributed by atoms with Gasteiger partial charge in [0.25, 0.3) is 5.89 Å². The molecule has 9 heteroatoms. The minimum absolute atomic E-state index is 0.0554. The van der Waals surface area contributed by atoms with Gasteiger partial charge in [0.1, 0.15) is 5.52 Å². The first-order chi connectivity index (χ1) is 12.1. The lowest BCUT2D eigenvalue weighted by Gasteiger charge is -2.04. The molecular formula is C16H10ClF2N5O. The maximum Gasteiger partial charge on any atom is 0.314 e. The highest BCUT2D eigenvalue weighted by molar-refractivity contribution is 6.31. The molecule has 2 aromatic heterocycles. The van der Waals surface area contributed by atoms with Gasteiger partial charge < -0.3 is 4.42 Å². The molecule has 6 nitrogen and oxygen atoms in total. The first-order valence-corrected chi connectivity index (χ1v) is 7.67. The van der Waals surface area contributed by atoms with Crippen LogP contribution in [0.15, 0.2) is 46.9 Å². The average Bonchev–Trinajstić information content (AvgIpc) is 3.23. The van der Waals surface area contributed by atoms with Crippen molar-refractivity contribution in [3.05, 3.63) is 58.9 Å². The van der Waals surface area contributed by atoms with Crippen molar-refractivity contribution in [3.8, 4) is 11.5 Å². The van der Waals surface area contributed by atoms with Crippen LogP contribution in [0.5, 0.6) is 0 Å². The van der Waals surface area contributed by atoms with Crippen molar-refractivity contribution in [2.45, 2.75) is 13.0 Å². The van der Waals surface area contributed by atoms with Crippen LogP contribution in [0.25, 0.3) is 22.5 Å². The summed E-state index contributed by atoms with van der Waals surface area (Å²) in [5, 5.41) is 15.8. The summed E-state index contributed by atoms with van der Waals surface area (Å²) in [5.41, 5.74) is 3.10. The molecule has 0 radical (unpaired) electrons. The molecule has 4 aromatic rings. The molecule has 4 rings (SSSR count). The van der Waals surface area contributed by atoms with Crippen LogP contribution in [0.4, 0.5) is 8.78 Å². The molecule has 25 heavy (non-hydrogen) atoms. The standard InChI is InChI=1S/C16H10ClF2N5O/c17-11-5-6-12-13(7-11)24(23-20-12)8-9-1-3-10(4-2-9)15-21-22-16(25-15)14(18)19/h1-7,14H,8H2. The molecule has 0 aliphatic rings. The second-order valence-electron chi connectivity index (χ2n) is 5.32. The number of benzene rings is 2. The third kappa shape index (κ3) is 3.08. The summed E-state index contributed by atoms with van der Waals surface area (Å²) in [6, 6.07) is 12.5. The van der Waals surface area contributed by atoms with Crippen LogP contribution in [0.2, 0.25) is 5.02 Å². The van der Waals surface area contributed by atoms with Gasteiger partial charge in [-0.05, 0) is 35.9 Å². The molecule has 2 heterocycles. The van der Waals surface area contributed by atoms with E-state index in [1.165, 1.54) is 0 Å². The minimum Gasteiger partial charge on any atom is -0.415 e. The van der Waals surface area contributed by atoms with E-state index in [2.05, 4.69) is 20.5 Å². The molecular weight excluding hydrogens is 352 g/mol. The zero-order chi connectivity index (χ0) is 17.4. The number of alkyl halides is 2. The summed E-state index contributed by atoms with van der Waals surface area (Å²) in [5.74, 6) is -0.634. The second-order valence-corrected chi connectivity index (χ2v) is 5.76. The van der Waals surface area contributed by atoms with E-state index in [0.29, 0.717) is 17.1 Å². The Morgan fingerprint density at radius 1 is 1.04 bits per heavy atom. The molecule has 0 amide bonds. The van der Waals surface area contributed by atoms with E-state index in [0.717, 1.165) is 16.6 Å². The van der Waals surface area contributed by atoms with Crippen LogP contribution in [0.3, 0.4) is 0 Å². The molecule has 0 saturated heterocycles. The fraction of sp³-hybridized carbons (Fsp3) is 0.125. The van der Waals surface area contributed by atoms with E-state index in [4.69, 9.17) is 16.0 Å². The van der Waals surface area contributed by atoms with Crippen LogP contribution >= 0.6 is 11.6 Å². The highest BCUT2D eigenvalue weighted by atomic mass is 35.5. The second kappa shape index (κ2) is 6.21. The molecule has 0 atom stereocenters. The summed E-state index contributed by atoms with van der Waals surface area (Å²) in [6.45, 7) is 0.489. The zero-order valence-corrected chi connectivity index (χ0v) is 13.4. The SMILES string of the molecule is FC(F)c1nnc(-c2ccc(Cn3nnc4ccc(Cl)cc43)cc2)o1. The van der Waals surface area contributed by atoms with Crippen LogP contribution in [-0.4, -0.2) is 25.2 Å². The monoisotopic (exact) mass is 361 g/mol. The van der Waals surface area contributed by atoms with Gasteiger partial charge in [0.15, 0.2) is 0 Å². The number of hydrogen-bond donors (Lipinski definition) is 0. The Morgan fingerprint density at radius 2 is 1.84 bits per heavy atom. The van der Waals surface area contributed by atoms with Crippen molar-refractivity contribution in [1.29, 1.82) is 0 Å². The Hall–Kier alpha value is -2.87. The van der Waals surface area contributed by atoms with E-state index in [-0.39, 0.29) is 5.89 Å². The number of fused-ring (bicyclic) bond motifs is 1. The predicted octanol–water partition coefficient (Wildman–Crippen LogP) is 4.12. The summed E-state index contributed by atoms with van der Waals surface area (Å²) in [4.78, 5) is 0. The van der Waals surface area contributed by atoms with Crippen molar-refractivity contribution in [2.75, 3.05) is 0 Å². The molecule has 126 valence electrons. The summed E-state index contributed by atoms with van der Waals surface area (Å²) in [6.07, 6.45) is -2.78.